The van der Waals surface area contributed by atoms with Gasteiger partial charge in [-0.05, 0) is 61.5 Å². The summed E-state index contributed by atoms with van der Waals surface area (Å²) in [5.74, 6) is 0. The first-order chi connectivity index (χ1) is 11.0. The van der Waals surface area contributed by atoms with Gasteiger partial charge in [-0.1, -0.05) is 25.5 Å². The number of fused-ring (bicyclic) bond motifs is 1. The van der Waals surface area contributed by atoms with Gasteiger partial charge in [0.2, 0.25) is 0 Å². The largest absolute Gasteiger partial charge is 0.363 e. The molecule has 0 aliphatic rings. The molecular formula is C18H25N3OS. The number of aromatic nitrogens is 1. The third kappa shape index (κ3) is 4.55. The van der Waals surface area contributed by atoms with Crippen LogP contribution < -0.4 is 16.2 Å². The lowest BCUT2D eigenvalue weighted by molar-refractivity contribution is 0.736. The fourth-order valence-corrected chi connectivity index (χ4v) is 2.71. The van der Waals surface area contributed by atoms with E-state index in [0.717, 1.165) is 41.4 Å². The molecule has 0 bridgehead atoms. The number of rotatable bonds is 6. The molecule has 0 spiro atoms. The topological polar surface area (TPSA) is 56.9 Å². The lowest BCUT2D eigenvalue weighted by Crippen LogP contribution is -2.37. The highest BCUT2D eigenvalue weighted by atomic mass is 32.1. The van der Waals surface area contributed by atoms with E-state index in [9.17, 15) is 4.79 Å². The van der Waals surface area contributed by atoms with Crippen LogP contribution in [0.15, 0.2) is 23.0 Å². The molecule has 3 N–H and O–H groups in total. The number of aryl methyl sites for hydroxylation is 2. The standard InChI is InChI=1S/C18H25N3OS/c1-4-5-9-19-18(23)20-10-8-15-11-14-7-6-12(2)13(3)16(14)21-17(15)22/h6-7,11H,4-5,8-10H2,1-3H3,(H,21,22)(H2,19,20,23). The summed E-state index contributed by atoms with van der Waals surface area (Å²) in [5, 5.41) is 8.05. The zero-order valence-electron chi connectivity index (χ0n) is 14.1. The molecule has 1 aromatic heterocycles. The van der Waals surface area contributed by atoms with Gasteiger partial charge in [0, 0.05) is 18.7 Å². The Bertz CT molecular complexity index is 752. The number of benzene rings is 1. The number of nitrogens with one attached hydrogen (secondary N) is 3. The van der Waals surface area contributed by atoms with Crippen LogP contribution in [0.5, 0.6) is 0 Å². The van der Waals surface area contributed by atoms with Crippen LogP contribution in [0.3, 0.4) is 0 Å². The van der Waals surface area contributed by atoms with Crippen molar-refractivity contribution >= 4 is 28.2 Å². The molecule has 0 amide bonds. The molecule has 23 heavy (non-hydrogen) atoms. The van der Waals surface area contributed by atoms with Gasteiger partial charge in [0.15, 0.2) is 5.11 Å². The van der Waals surface area contributed by atoms with Crippen LogP contribution in [0.4, 0.5) is 0 Å². The second kappa shape index (κ2) is 8.11. The second-order valence-electron chi connectivity index (χ2n) is 5.88. The molecule has 0 fully saturated rings. The van der Waals surface area contributed by atoms with E-state index in [4.69, 9.17) is 12.2 Å². The van der Waals surface area contributed by atoms with Gasteiger partial charge < -0.3 is 15.6 Å². The smallest absolute Gasteiger partial charge is 0.251 e. The predicted molar refractivity (Wildman–Crippen MR) is 101 cm³/mol. The van der Waals surface area contributed by atoms with E-state index in [0.29, 0.717) is 18.1 Å². The Morgan fingerprint density at radius 3 is 2.70 bits per heavy atom. The molecule has 0 unspecified atom stereocenters. The maximum Gasteiger partial charge on any atom is 0.251 e. The van der Waals surface area contributed by atoms with Crippen LogP contribution in [0, 0.1) is 13.8 Å². The Morgan fingerprint density at radius 2 is 1.96 bits per heavy atom. The summed E-state index contributed by atoms with van der Waals surface area (Å²) in [4.78, 5) is 15.3. The molecule has 0 aliphatic carbocycles. The normalized spacial score (nSPS) is 10.7. The zero-order valence-corrected chi connectivity index (χ0v) is 14.9. The highest BCUT2D eigenvalue weighted by Crippen LogP contribution is 2.18. The van der Waals surface area contributed by atoms with E-state index in [-0.39, 0.29) is 5.56 Å². The SMILES string of the molecule is CCCCNC(=S)NCCc1cc2ccc(C)c(C)c2[nH]c1=O. The van der Waals surface area contributed by atoms with Crippen LogP contribution in [-0.2, 0) is 6.42 Å². The van der Waals surface area contributed by atoms with E-state index < -0.39 is 0 Å². The second-order valence-corrected chi connectivity index (χ2v) is 6.29. The van der Waals surface area contributed by atoms with Gasteiger partial charge >= 0.3 is 0 Å². The average Bonchev–Trinajstić information content (AvgIpc) is 2.53. The number of hydrogen-bond acceptors (Lipinski definition) is 2. The van der Waals surface area contributed by atoms with E-state index in [1.807, 2.05) is 13.0 Å². The third-order valence-electron chi connectivity index (χ3n) is 4.12. The molecule has 1 aromatic carbocycles. The molecule has 0 aliphatic heterocycles. The molecule has 2 rings (SSSR count). The van der Waals surface area contributed by atoms with Crippen molar-refractivity contribution < 1.29 is 0 Å². The summed E-state index contributed by atoms with van der Waals surface area (Å²) in [7, 11) is 0. The Morgan fingerprint density at radius 1 is 1.22 bits per heavy atom. The highest BCUT2D eigenvalue weighted by Gasteiger charge is 2.06. The molecule has 2 aromatic rings. The van der Waals surface area contributed by atoms with E-state index >= 15 is 0 Å². The van der Waals surface area contributed by atoms with Crippen molar-refractivity contribution in [1.29, 1.82) is 0 Å². The lowest BCUT2D eigenvalue weighted by Gasteiger charge is -2.11. The van der Waals surface area contributed by atoms with Crippen molar-refractivity contribution in [1.82, 2.24) is 15.6 Å². The first-order valence-electron chi connectivity index (χ1n) is 8.16. The Hall–Kier alpha value is -1.88. The minimum Gasteiger partial charge on any atom is -0.363 e. The van der Waals surface area contributed by atoms with E-state index in [1.165, 1.54) is 5.56 Å². The maximum absolute atomic E-state index is 12.3. The van der Waals surface area contributed by atoms with Gasteiger partial charge in [-0.25, -0.2) is 0 Å². The lowest BCUT2D eigenvalue weighted by atomic mass is 10.0. The van der Waals surface area contributed by atoms with Crippen LogP contribution in [0.1, 0.15) is 36.5 Å². The van der Waals surface area contributed by atoms with Crippen LogP contribution >= 0.6 is 12.2 Å². The Balaban J connectivity index is 2.01. The van der Waals surface area contributed by atoms with E-state index in [1.54, 1.807) is 0 Å². The number of thiocarbonyl (C=S) groups is 1. The molecular weight excluding hydrogens is 306 g/mol. The zero-order chi connectivity index (χ0) is 16.8. The predicted octanol–water partition coefficient (Wildman–Crippen LogP) is 2.95. The minimum absolute atomic E-state index is 0.0159. The Labute approximate surface area is 142 Å². The quantitative estimate of drug-likeness (QED) is 0.563. The summed E-state index contributed by atoms with van der Waals surface area (Å²) in [6, 6.07) is 6.13. The molecule has 0 saturated heterocycles. The summed E-state index contributed by atoms with van der Waals surface area (Å²) in [6.07, 6.45) is 2.89. The summed E-state index contributed by atoms with van der Waals surface area (Å²) < 4.78 is 0. The van der Waals surface area contributed by atoms with Crippen LogP contribution in [0.2, 0.25) is 0 Å². The number of H-pyrrole nitrogens is 1. The number of hydrogen-bond donors (Lipinski definition) is 3. The van der Waals surface area contributed by atoms with Gasteiger partial charge in [-0.3, -0.25) is 4.79 Å². The molecule has 0 atom stereocenters. The molecule has 4 nitrogen and oxygen atoms in total. The van der Waals surface area contributed by atoms with Crippen molar-refractivity contribution in [3.8, 4) is 0 Å². The van der Waals surface area contributed by atoms with Crippen LogP contribution in [-0.4, -0.2) is 23.2 Å². The summed E-state index contributed by atoms with van der Waals surface area (Å²) in [5.41, 5.74) is 4.02. The van der Waals surface area contributed by atoms with Crippen LogP contribution in [0.25, 0.3) is 10.9 Å². The fourth-order valence-electron chi connectivity index (χ4n) is 2.51. The van der Waals surface area contributed by atoms with Gasteiger partial charge in [-0.2, -0.15) is 0 Å². The maximum atomic E-state index is 12.3. The van der Waals surface area contributed by atoms with Crippen molar-refractivity contribution in [3.05, 3.63) is 45.2 Å². The van der Waals surface area contributed by atoms with Gasteiger partial charge in [0.25, 0.3) is 5.56 Å². The molecule has 5 heteroatoms. The first kappa shape index (κ1) is 17.5. The molecule has 0 saturated carbocycles. The van der Waals surface area contributed by atoms with Gasteiger partial charge in [0.1, 0.15) is 0 Å². The third-order valence-corrected chi connectivity index (χ3v) is 4.41. The van der Waals surface area contributed by atoms with Crippen molar-refractivity contribution in [2.45, 2.75) is 40.0 Å². The molecule has 1 heterocycles. The number of pyridine rings is 1. The van der Waals surface area contributed by atoms with Crippen molar-refractivity contribution in [3.63, 3.8) is 0 Å². The molecule has 124 valence electrons. The highest BCUT2D eigenvalue weighted by molar-refractivity contribution is 7.80. The van der Waals surface area contributed by atoms with E-state index in [2.05, 4.69) is 41.6 Å². The monoisotopic (exact) mass is 331 g/mol. The van der Waals surface area contributed by atoms with Gasteiger partial charge in [-0.15, -0.1) is 0 Å². The number of aromatic amines is 1. The van der Waals surface area contributed by atoms with Gasteiger partial charge in [0.05, 0.1) is 5.52 Å². The molecule has 0 radical (unpaired) electrons. The minimum atomic E-state index is -0.0159. The first-order valence-corrected chi connectivity index (χ1v) is 8.57. The Kier molecular flexibility index (Phi) is 6.16. The summed E-state index contributed by atoms with van der Waals surface area (Å²) in [6.45, 7) is 7.77. The number of unbranched alkanes of at least 4 members (excludes halogenated alkanes) is 1. The fraction of sp³-hybridized carbons (Fsp3) is 0.444. The van der Waals surface area contributed by atoms with Crippen molar-refractivity contribution in [2.24, 2.45) is 0 Å². The van der Waals surface area contributed by atoms with Crippen molar-refractivity contribution in [2.75, 3.05) is 13.1 Å². The average molecular weight is 331 g/mol. The summed E-state index contributed by atoms with van der Waals surface area (Å²) >= 11 is 5.22.